The molecule has 0 aliphatic heterocycles. The zero-order valence-corrected chi connectivity index (χ0v) is 13.3. The Morgan fingerprint density at radius 2 is 1.77 bits per heavy atom. The predicted molar refractivity (Wildman–Crippen MR) is 83.5 cm³/mol. The van der Waals surface area contributed by atoms with Gasteiger partial charge in [0.15, 0.2) is 0 Å². The number of halogens is 1. The lowest BCUT2D eigenvalue weighted by molar-refractivity contribution is 0.0358. The van der Waals surface area contributed by atoms with E-state index in [9.17, 15) is 9.59 Å². The number of carbonyl (C=O) groups excluding carboxylic acids is 2. The molecule has 0 spiro atoms. The van der Waals surface area contributed by atoms with E-state index < -0.39 is 11.4 Å². The number of furan rings is 1. The van der Waals surface area contributed by atoms with Gasteiger partial charge >= 0.3 is 0 Å². The normalized spacial score (nSPS) is 11.1. The van der Waals surface area contributed by atoms with Gasteiger partial charge in [0.25, 0.3) is 11.8 Å². The maximum atomic E-state index is 12.6. The molecule has 0 unspecified atom stereocenters. The van der Waals surface area contributed by atoms with Crippen molar-refractivity contribution in [1.82, 2.24) is 10.4 Å². The lowest BCUT2D eigenvalue weighted by Gasteiger charge is -2.35. The van der Waals surface area contributed by atoms with Crippen LogP contribution >= 0.6 is 11.6 Å². The zero-order valence-electron chi connectivity index (χ0n) is 12.6. The van der Waals surface area contributed by atoms with Gasteiger partial charge in [-0.25, -0.2) is 5.01 Å². The Morgan fingerprint density at radius 3 is 2.27 bits per heavy atom. The number of hydrogen-bond acceptors (Lipinski definition) is 3. The molecule has 1 aromatic heterocycles. The van der Waals surface area contributed by atoms with Crippen LogP contribution in [0.2, 0.25) is 5.22 Å². The van der Waals surface area contributed by atoms with E-state index in [-0.39, 0.29) is 16.7 Å². The quantitative estimate of drug-likeness (QED) is 0.861. The van der Waals surface area contributed by atoms with Gasteiger partial charge in [-0.2, -0.15) is 0 Å². The molecule has 0 atom stereocenters. The van der Waals surface area contributed by atoms with Gasteiger partial charge in [0.1, 0.15) is 0 Å². The maximum absolute atomic E-state index is 12.6. The van der Waals surface area contributed by atoms with Crippen LogP contribution in [0.1, 0.15) is 41.5 Å². The van der Waals surface area contributed by atoms with Crippen LogP contribution in [0.15, 0.2) is 47.1 Å². The average Bonchev–Trinajstić information content (AvgIpc) is 2.89. The van der Waals surface area contributed by atoms with Gasteiger partial charge in [-0.1, -0.05) is 18.2 Å². The molecular formula is C16H17ClN2O3. The van der Waals surface area contributed by atoms with Crippen molar-refractivity contribution in [3.63, 3.8) is 0 Å². The van der Waals surface area contributed by atoms with E-state index >= 15 is 0 Å². The monoisotopic (exact) mass is 320 g/mol. The highest BCUT2D eigenvalue weighted by Gasteiger charge is 2.31. The van der Waals surface area contributed by atoms with E-state index in [1.54, 1.807) is 24.3 Å². The topological polar surface area (TPSA) is 62.6 Å². The minimum absolute atomic E-state index is 0.00629. The van der Waals surface area contributed by atoms with Gasteiger partial charge in [0, 0.05) is 5.56 Å². The van der Waals surface area contributed by atoms with E-state index in [1.165, 1.54) is 17.3 Å². The van der Waals surface area contributed by atoms with Crippen LogP contribution in [0.4, 0.5) is 0 Å². The highest BCUT2D eigenvalue weighted by atomic mass is 35.5. The molecule has 2 amide bonds. The molecule has 6 heteroatoms. The third kappa shape index (κ3) is 3.49. The molecule has 0 aliphatic carbocycles. The Labute approximate surface area is 133 Å². The average molecular weight is 321 g/mol. The number of hydrazine groups is 1. The second kappa shape index (κ2) is 6.23. The summed E-state index contributed by atoms with van der Waals surface area (Å²) in [4.78, 5) is 24.9. The summed E-state index contributed by atoms with van der Waals surface area (Å²) in [5.41, 5.74) is 2.66. The number of carbonyl (C=O) groups is 2. The number of benzene rings is 1. The lowest BCUT2D eigenvalue weighted by atomic mass is 10.1. The first-order valence-corrected chi connectivity index (χ1v) is 7.12. The van der Waals surface area contributed by atoms with Gasteiger partial charge < -0.3 is 4.42 Å². The van der Waals surface area contributed by atoms with Crippen molar-refractivity contribution in [2.24, 2.45) is 0 Å². The molecule has 0 saturated carbocycles. The van der Waals surface area contributed by atoms with Crippen LogP contribution in [-0.4, -0.2) is 22.4 Å². The predicted octanol–water partition coefficient (Wildman–Crippen LogP) is 3.52. The van der Waals surface area contributed by atoms with E-state index in [0.29, 0.717) is 5.56 Å². The SMILES string of the molecule is CC(C)(C)N(NC(=O)c1ccccc1)C(=O)c1ccoc1Cl. The van der Waals surface area contributed by atoms with Crippen LogP contribution in [0.25, 0.3) is 0 Å². The fourth-order valence-electron chi connectivity index (χ4n) is 1.85. The third-order valence-corrected chi connectivity index (χ3v) is 3.26. The molecule has 0 saturated heterocycles. The van der Waals surface area contributed by atoms with Crippen molar-refractivity contribution >= 4 is 23.4 Å². The Kier molecular flexibility index (Phi) is 4.56. The molecular weight excluding hydrogens is 304 g/mol. The van der Waals surface area contributed by atoms with E-state index in [2.05, 4.69) is 5.43 Å². The van der Waals surface area contributed by atoms with Crippen LogP contribution in [0.3, 0.4) is 0 Å². The Hall–Kier alpha value is -2.27. The number of nitrogens with one attached hydrogen (secondary N) is 1. The van der Waals surface area contributed by atoms with E-state index in [0.717, 1.165) is 0 Å². The second-order valence-electron chi connectivity index (χ2n) is 5.73. The summed E-state index contributed by atoms with van der Waals surface area (Å²) in [6, 6.07) is 10.1. The molecule has 0 aliphatic rings. The largest absolute Gasteiger partial charge is 0.452 e. The fraction of sp³-hybridized carbons (Fsp3) is 0.250. The van der Waals surface area contributed by atoms with Gasteiger partial charge in [-0.05, 0) is 50.6 Å². The van der Waals surface area contributed by atoms with Crippen LogP contribution in [0.5, 0.6) is 0 Å². The summed E-state index contributed by atoms with van der Waals surface area (Å²) in [5.74, 6) is -0.806. The Bertz CT molecular complexity index is 674. The van der Waals surface area contributed by atoms with Crippen LogP contribution in [-0.2, 0) is 0 Å². The lowest BCUT2D eigenvalue weighted by Crippen LogP contribution is -2.55. The van der Waals surface area contributed by atoms with Gasteiger partial charge in [0.05, 0.1) is 17.4 Å². The summed E-state index contributed by atoms with van der Waals surface area (Å²) in [7, 11) is 0. The second-order valence-corrected chi connectivity index (χ2v) is 6.07. The van der Waals surface area contributed by atoms with Crippen molar-refractivity contribution < 1.29 is 14.0 Å². The maximum Gasteiger partial charge on any atom is 0.277 e. The molecule has 1 heterocycles. The van der Waals surface area contributed by atoms with Crippen molar-refractivity contribution in [2.45, 2.75) is 26.3 Å². The summed E-state index contributed by atoms with van der Waals surface area (Å²) in [5, 5.41) is 1.24. The molecule has 2 rings (SSSR count). The molecule has 0 fully saturated rings. The Balaban J connectivity index is 2.27. The molecule has 0 radical (unpaired) electrons. The fourth-order valence-corrected chi connectivity index (χ4v) is 2.04. The first kappa shape index (κ1) is 16.1. The van der Waals surface area contributed by atoms with Gasteiger partial charge in [-0.15, -0.1) is 0 Å². The van der Waals surface area contributed by atoms with Crippen LogP contribution in [0, 0.1) is 0 Å². The molecule has 5 nitrogen and oxygen atoms in total. The zero-order chi connectivity index (χ0) is 16.3. The standard InChI is InChI=1S/C16H17ClN2O3/c1-16(2,3)19(15(21)12-9-10-22-13(12)17)18-14(20)11-7-5-4-6-8-11/h4-10H,1-3H3,(H,18,20). The van der Waals surface area contributed by atoms with Crippen molar-refractivity contribution in [1.29, 1.82) is 0 Å². The third-order valence-electron chi connectivity index (χ3n) is 2.97. The number of hydrogen-bond donors (Lipinski definition) is 1. The molecule has 116 valence electrons. The minimum Gasteiger partial charge on any atom is -0.452 e. The minimum atomic E-state index is -0.637. The molecule has 2 aromatic rings. The summed E-state index contributed by atoms with van der Waals surface area (Å²) in [6.07, 6.45) is 1.33. The highest BCUT2D eigenvalue weighted by Crippen LogP contribution is 2.22. The van der Waals surface area contributed by atoms with Gasteiger partial charge in [0.2, 0.25) is 5.22 Å². The molecule has 1 aromatic carbocycles. The summed E-state index contributed by atoms with van der Waals surface area (Å²) in [6.45, 7) is 5.43. The molecule has 1 N–H and O–H groups in total. The van der Waals surface area contributed by atoms with Crippen LogP contribution < -0.4 is 5.43 Å². The molecule has 22 heavy (non-hydrogen) atoms. The first-order chi connectivity index (χ1) is 10.3. The summed E-state index contributed by atoms with van der Waals surface area (Å²) >= 11 is 5.86. The van der Waals surface area contributed by atoms with E-state index in [4.69, 9.17) is 16.0 Å². The van der Waals surface area contributed by atoms with E-state index in [1.807, 2.05) is 26.8 Å². The Morgan fingerprint density at radius 1 is 1.14 bits per heavy atom. The number of nitrogens with zero attached hydrogens (tertiary/aromatic N) is 1. The van der Waals surface area contributed by atoms with Crippen molar-refractivity contribution in [2.75, 3.05) is 0 Å². The number of rotatable bonds is 2. The van der Waals surface area contributed by atoms with Crippen molar-refractivity contribution in [3.05, 3.63) is 59.0 Å². The van der Waals surface area contributed by atoms with Gasteiger partial charge in [-0.3, -0.25) is 15.0 Å². The number of amides is 2. The van der Waals surface area contributed by atoms with Crippen molar-refractivity contribution in [3.8, 4) is 0 Å². The molecule has 0 bridgehead atoms. The summed E-state index contributed by atoms with van der Waals surface area (Å²) < 4.78 is 4.94. The highest BCUT2D eigenvalue weighted by molar-refractivity contribution is 6.32. The first-order valence-electron chi connectivity index (χ1n) is 6.74. The smallest absolute Gasteiger partial charge is 0.277 e.